The lowest BCUT2D eigenvalue weighted by Gasteiger charge is -2.15. The number of amides is 1. The Bertz CT molecular complexity index is 696. The molecule has 1 heterocycles. The van der Waals surface area contributed by atoms with Crippen LogP contribution in [0.25, 0.3) is 11.3 Å². The first kappa shape index (κ1) is 14.8. The molecule has 2 rings (SSSR count). The third-order valence-corrected chi connectivity index (χ3v) is 2.64. The van der Waals surface area contributed by atoms with Gasteiger partial charge in [-0.05, 0) is 12.1 Å². The smallest absolute Gasteiger partial charge is 0.420 e. The monoisotopic (exact) mass is 304 g/mol. The van der Waals surface area contributed by atoms with Crippen LogP contribution in [0.5, 0.6) is 5.75 Å². The number of alkyl halides is 3. The molecule has 1 amide bonds. The number of carbonyl (C=O) groups excluding carboxylic acids is 1. The SMILES string of the molecule is COc1ccc(F)c(C(F)(F)F)c1-c1n[nH]nc1C(N)=O. The lowest BCUT2D eigenvalue weighted by atomic mass is 10.0. The second-order valence-corrected chi connectivity index (χ2v) is 3.88. The molecular weight excluding hydrogens is 296 g/mol. The van der Waals surface area contributed by atoms with Gasteiger partial charge < -0.3 is 10.5 Å². The van der Waals surface area contributed by atoms with Crippen LogP contribution in [0.3, 0.4) is 0 Å². The molecule has 6 nitrogen and oxygen atoms in total. The second kappa shape index (κ2) is 5.04. The second-order valence-electron chi connectivity index (χ2n) is 3.88. The molecule has 0 saturated carbocycles. The number of methoxy groups -OCH3 is 1. The summed E-state index contributed by atoms with van der Waals surface area (Å²) < 4.78 is 57.7. The summed E-state index contributed by atoms with van der Waals surface area (Å²) in [5.41, 5.74) is 1.56. The van der Waals surface area contributed by atoms with Crippen molar-refractivity contribution in [3.05, 3.63) is 29.2 Å². The Hall–Kier alpha value is -2.65. The first-order valence-corrected chi connectivity index (χ1v) is 5.42. The molecule has 0 saturated heterocycles. The molecule has 2 aromatic rings. The first-order valence-electron chi connectivity index (χ1n) is 5.42. The van der Waals surface area contributed by atoms with Gasteiger partial charge in [0.25, 0.3) is 5.91 Å². The Labute approximate surface area is 114 Å². The van der Waals surface area contributed by atoms with Crippen molar-refractivity contribution < 1.29 is 27.1 Å². The van der Waals surface area contributed by atoms with Crippen molar-refractivity contribution in [2.24, 2.45) is 5.73 Å². The van der Waals surface area contributed by atoms with Gasteiger partial charge in [0.2, 0.25) is 0 Å². The van der Waals surface area contributed by atoms with Crippen LogP contribution >= 0.6 is 0 Å². The minimum atomic E-state index is -5.03. The number of primary amides is 1. The maximum Gasteiger partial charge on any atom is 0.420 e. The van der Waals surface area contributed by atoms with E-state index in [1.807, 2.05) is 5.21 Å². The average Bonchev–Trinajstić information content (AvgIpc) is 2.85. The quantitative estimate of drug-likeness (QED) is 0.844. The molecule has 0 radical (unpaired) electrons. The van der Waals surface area contributed by atoms with Crippen LogP contribution in [-0.2, 0) is 6.18 Å². The summed E-state index contributed by atoms with van der Waals surface area (Å²) >= 11 is 0. The van der Waals surface area contributed by atoms with E-state index in [9.17, 15) is 22.4 Å². The third kappa shape index (κ3) is 2.51. The highest BCUT2D eigenvalue weighted by molar-refractivity contribution is 5.97. The van der Waals surface area contributed by atoms with Gasteiger partial charge in [0.05, 0.1) is 12.7 Å². The number of hydrogen-bond donors (Lipinski definition) is 2. The zero-order chi connectivity index (χ0) is 15.8. The van der Waals surface area contributed by atoms with E-state index in [0.29, 0.717) is 6.07 Å². The van der Waals surface area contributed by atoms with Crippen LogP contribution < -0.4 is 10.5 Å². The average molecular weight is 304 g/mol. The first-order chi connectivity index (χ1) is 9.77. The van der Waals surface area contributed by atoms with Crippen LogP contribution in [-0.4, -0.2) is 28.4 Å². The molecule has 21 heavy (non-hydrogen) atoms. The van der Waals surface area contributed by atoms with Gasteiger partial charge in [0.15, 0.2) is 5.69 Å². The predicted octanol–water partition coefficient (Wildman–Crippen LogP) is 1.74. The maximum atomic E-state index is 13.6. The molecule has 3 N–H and O–H groups in total. The topological polar surface area (TPSA) is 93.9 Å². The zero-order valence-electron chi connectivity index (χ0n) is 10.5. The maximum absolute atomic E-state index is 13.6. The van der Waals surface area contributed by atoms with Gasteiger partial charge >= 0.3 is 6.18 Å². The molecule has 0 atom stereocenters. The van der Waals surface area contributed by atoms with Crippen molar-refractivity contribution in [1.82, 2.24) is 15.4 Å². The summed E-state index contributed by atoms with van der Waals surface area (Å²) in [6, 6.07) is 1.59. The molecule has 0 unspecified atom stereocenters. The van der Waals surface area contributed by atoms with Crippen molar-refractivity contribution >= 4 is 5.91 Å². The Morgan fingerprint density at radius 1 is 1.33 bits per heavy atom. The zero-order valence-corrected chi connectivity index (χ0v) is 10.5. The van der Waals surface area contributed by atoms with Gasteiger partial charge in [0.1, 0.15) is 22.8 Å². The summed E-state index contributed by atoms with van der Waals surface area (Å²) in [5.74, 6) is -2.96. The summed E-state index contributed by atoms with van der Waals surface area (Å²) in [5, 5.41) is 8.79. The highest BCUT2D eigenvalue weighted by atomic mass is 19.4. The lowest BCUT2D eigenvalue weighted by molar-refractivity contribution is -0.139. The van der Waals surface area contributed by atoms with Gasteiger partial charge in [0, 0.05) is 0 Å². The number of hydrogen-bond acceptors (Lipinski definition) is 4. The number of nitrogens with one attached hydrogen (secondary N) is 1. The molecular formula is C11H8F4N4O2. The molecule has 0 fully saturated rings. The molecule has 10 heteroatoms. The summed E-state index contributed by atoms with van der Waals surface area (Å²) in [4.78, 5) is 11.2. The van der Waals surface area contributed by atoms with Crippen LogP contribution in [0.1, 0.15) is 16.1 Å². The molecule has 0 spiro atoms. The number of nitrogens with zero attached hydrogens (tertiary/aromatic N) is 2. The van der Waals surface area contributed by atoms with Crippen molar-refractivity contribution in [3.63, 3.8) is 0 Å². The minimum absolute atomic E-state index is 0.319. The minimum Gasteiger partial charge on any atom is -0.496 e. The number of rotatable bonds is 3. The number of aromatic amines is 1. The summed E-state index contributed by atoms with van der Waals surface area (Å²) in [6.45, 7) is 0. The Morgan fingerprint density at radius 3 is 2.52 bits per heavy atom. The fraction of sp³-hybridized carbons (Fsp3) is 0.182. The summed E-state index contributed by atoms with van der Waals surface area (Å²) in [7, 11) is 1.10. The number of H-pyrrole nitrogens is 1. The number of benzene rings is 1. The number of nitrogens with two attached hydrogens (primary N) is 1. The third-order valence-electron chi connectivity index (χ3n) is 2.64. The highest BCUT2D eigenvalue weighted by Crippen LogP contribution is 2.43. The molecule has 112 valence electrons. The van der Waals surface area contributed by atoms with Gasteiger partial charge in [-0.25, -0.2) is 4.39 Å². The van der Waals surface area contributed by atoms with Gasteiger partial charge in [-0.1, -0.05) is 0 Å². The molecule has 0 aliphatic heterocycles. The standard InChI is InChI=1S/C11H8F4N4O2/c1-21-5-3-2-4(12)7(11(13,14)15)6(5)8-9(10(16)20)18-19-17-8/h2-3H,1H3,(H2,16,20)(H,17,18,19). The number of aromatic nitrogens is 3. The van der Waals surface area contributed by atoms with E-state index in [-0.39, 0.29) is 5.75 Å². The van der Waals surface area contributed by atoms with Gasteiger partial charge in [-0.2, -0.15) is 28.6 Å². The molecule has 0 bridgehead atoms. The van der Waals surface area contributed by atoms with Crippen molar-refractivity contribution in [2.45, 2.75) is 6.18 Å². The largest absolute Gasteiger partial charge is 0.496 e. The number of carbonyl (C=O) groups is 1. The molecule has 1 aromatic carbocycles. The molecule has 0 aliphatic carbocycles. The number of halogens is 4. The summed E-state index contributed by atoms with van der Waals surface area (Å²) in [6.07, 6.45) is -5.03. The van der Waals surface area contributed by atoms with E-state index in [0.717, 1.165) is 13.2 Å². The van der Waals surface area contributed by atoms with Crippen molar-refractivity contribution in [1.29, 1.82) is 0 Å². The fourth-order valence-electron chi connectivity index (χ4n) is 1.82. The van der Waals surface area contributed by atoms with Crippen LogP contribution in [0, 0.1) is 5.82 Å². The fourth-order valence-corrected chi connectivity index (χ4v) is 1.82. The van der Waals surface area contributed by atoms with Crippen LogP contribution in [0.15, 0.2) is 12.1 Å². The predicted molar refractivity (Wildman–Crippen MR) is 61.8 cm³/mol. The van der Waals surface area contributed by atoms with E-state index in [1.54, 1.807) is 0 Å². The normalized spacial score (nSPS) is 11.5. The van der Waals surface area contributed by atoms with E-state index >= 15 is 0 Å². The molecule has 0 aliphatic rings. The molecule has 1 aromatic heterocycles. The van der Waals surface area contributed by atoms with E-state index < -0.39 is 40.4 Å². The van der Waals surface area contributed by atoms with Crippen molar-refractivity contribution in [2.75, 3.05) is 7.11 Å². The van der Waals surface area contributed by atoms with E-state index in [4.69, 9.17) is 10.5 Å². The van der Waals surface area contributed by atoms with Gasteiger partial charge in [-0.15, -0.1) is 0 Å². The Morgan fingerprint density at radius 2 is 2.00 bits per heavy atom. The Kier molecular flexibility index (Phi) is 3.54. The Balaban J connectivity index is 2.86. The van der Waals surface area contributed by atoms with Crippen LogP contribution in [0.4, 0.5) is 17.6 Å². The van der Waals surface area contributed by atoms with Gasteiger partial charge in [-0.3, -0.25) is 4.79 Å². The lowest BCUT2D eigenvalue weighted by Crippen LogP contribution is -2.16. The van der Waals surface area contributed by atoms with Crippen LogP contribution in [0.2, 0.25) is 0 Å². The van der Waals surface area contributed by atoms with Crippen molar-refractivity contribution in [3.8, 4) is 17.0 Å². The van der Waals surface area contributed by atoms with E-state index in [1.165, 1.54) is 0 Å². The highest BCUT2D eigenvalue weighted by Gasteiger charge is 2.40. The van der Waals surface area contributed by atoms with E-state index in [2.05, 4.69) is 10.2 Å². The number of ether oxygens (including phenoxy) is 1.